The lowest BCUT2D eigenvalue weighted by Gasteiger charge is -2.25. The summed E-state index contributed by atoms with van der Waals surface area (Å²) in [6, 6.07) is 0.270. The van der Waals surface area contributed by atoms with Gasteiger partial charge in [-0.15, -0.1) is 0 Å². The van der Waals surface area contributed by atoms with Crippen molar-refractivity contribution < 1.29 is 14.7 Å². The highest BCUT2D eigenvalue weighted by molar-refractivity contribution is 5.86. The van der Waals surface area contributed by atoms with Gasteiger partial charge in [-0.3, -0.25) is 9.59 Å². The Labute approximate surface area is 95.6 Å². The number of amides is 1. The third-order valence-corrected chi connectivity index (χ3v) is 3.89. The molecule has 0 bridgehead atoms. The van der Waals surface area contributed by atoms with Crippen molar-refractivity contribution in [2.24, 2.45) is 11.3 Å². The van der Waals surface area contributed by atoms with Gasteiger partial charge in [-0.2, -0.15) is 0 Å². The van der Waals surface area contributed by atoms with Gasteiger partial charge in [0.1, 0.15) is 0 Å². The number of rotatable bonds is 2. The van der Waals surface area contributed by atoms with Crippen molar-refractivity contribution in [1.29, 1.82) is 0 Å². The second-order valence-electron chi connectivity index (χ2n) is 5.85. The first-order valence-corrected chi connectivity index (χ1v) is 5.91. The molecule has 90 valence electrons. The maximum atomic E-state index is 11.7. The van der Waals surface area contributed by atoms with Gasteiger partial charge in [-0.1, -0.05) is 13.8 Å². The molecule has 1 saturated carbocycles. The van der Waals surface area contributed by atoms with E-state index < -0.39 is 11.9 Å². The van der Waals surface area contributed by atoms with Crippen LogP contribution < -0.4 is 0 Å². The third-order valence-electron chi connectivity index (χ3n) is 3.89. The molecule has 4 nitrogen and oxygen atoms in total. The van der Waals surface area contributed by atoms with E-state index in [2.05, 4.69) is 13.8 Å². The number of nitrogens with zero attached hydrogens (tertiary/aromatic N) is 1. The largest absolute Gasteiger partial charge is 0.481 e. The molecule has 0 spiro atoms. The minimum absolute atomic E-state index is 0.0232. The molecule has 2 atom stereocenters. The fourth-order valence-corrected chi connectivity index (χ4v) is 2.92. The molecule has 1 amide bonds. The summed E-state index contributed by atoms with van der Waals surface area (Å²) in [5.41, 5.74) is 0.298. The first-order valence-electron chi connectivity index (χ1n) is 5.91. The number of carbonyl (C=O) groups is 2. The van der Waals surface area contributed by atoms with Gasteiger partial charge in [0.2, 0.25) is 5.91 Å². The Morgan fingerprint density at radius 2 is 2.19 bits per heavy atom. The van der Waals surface area contributed by atoms with Crippen LogP contribution in [-0.4, -0.2) is 34.5 Å². The van der Waals surface area contributed by atoms with Crippen molar-refractivity contribution in [2.45, 2.75) is 45.6 Å². The first-order chi connectivity index (χ1) is 7.39. The van der Waals surface area contributed by atoms with Crippen LogP contribution in [0.5, 0.6) is 0 Å². The summed E-state index contributed by atoms with van der Waals surface area (Å²) >= 11 is 0. The average molecular weight is 225 g/mol. The van der Waals surface area contributed by atoms with Crippen LogP contribution in [0.4, 0.5) is 0 Å². The van der Waals surface area contributed by atoms with Crippen molar-refractivity contribution in [1.82, 2.24) is 4.90 Å². The van der Waals surface area contributed by atoms with Gasteiger partial charge in [0, 0.05) is 19.0 Å². The van der Waals surface area contributed by atoms with Gasteiger partial charge in [-0.05, 0) is 24.7 Å². The Morgan fingerprint density at radius 3 is 2.62 bits per heavy atom. The number of carbonyl (C=O) groups excluding carboxylic acids is 1. The molecule has 0 aromatic rings. The van der Waals surface area contributed by atoms with Gasteiger partial charge in [0.05, 0.1) is 5.92 Å². The van der Waals surface area contributed by atoms with Crippen LogP contribution in [0.2, 0.25) is 0 Å². The Morgan fingerprint density at radius 1 is 1.50 bits per heavy atom. The second-order valence-corrected chi connectivity index (χ2v) is 5.85. The van der Waals surface area contributed by atoms with Crippen LogP contribution in [0.15, 0.2) is 0 Å². The van der Waals surface area contributed by atoms with E-state index in [0.717, 1.165) is 19.3 Å². The molecular formula is C12H19NO3. The lowest BCUT2D eigenvalue weighted by molar-refractivity contribution is -0.141. The summed E-state index contributed by atoms with van der Waals surface area (Å²) in [4.78, 5) is 24.4. The number of aliphatic carboxylic acids is 1. The molecule has 0 radical (unpaired) electrons. The molecule has 2 unspecified atom stereocenters. The first kappa shape index (κ1) is 11.4. The number of carboxylic acid groups (broad SMARTS) is 1. The quantitative estimate of drug-likeness (QED) is 0.774. The molecule has 0 aromatic heterocycles. The van der Waals surface area contributed by atoms with Crippen molar-refractivity contribution in [3.63, 3.8) is 0 Å². The number of hydrogen-bond acceptors (Lipinski definition) is 2. The number of likely N-dealkylation sites (tertiary alicyclic amines) is 1. The maximum Gasteiger partial charge on any atom is 0.308 e. The van der Waals surface area contributed by atoms with Gasteiger partial charge in [0.15, 0.2) is 0 Å². The van der Waals surface area contributed by atoms with E-state index in [1.165, 1.54) is 0 Å². The van der Waals surface area contributed by atoms with Crippen LogP contribution in [-0.2, 0) is 9.59 Å². The Kier molecular flexibility index (Phi) is 2.68. The fourth-order valence-electron chi connectivity index (χ4n) is 2.92. The minimum atomic E-state index is -0.840. The van der Waals surface area contributed by atoms with Crippen molar-refractivity contribution >= 4 is 11.9 Å². The fraction of sp³-hybridized carbons (Fsp3) is 0.833. The summed E-state index contributed by atoms with van der Waals surface area (Å²) in [6.07, 6.45) is 3.33. The molecule has 2 fully saturated rings. The second kappa shape index (κ2) is 3.75. The smallest absolute Gasteiger partial charge is 0.308 e. The average Bonchev–Trinajstić information content (AvgIpc) is 2.69. The van der Waals surface area contributed by atoms with Gasteiger partial charge in [0.25, 0.3) is 0 Å². The van der Waals surface area contributed by atoms with Crippen LogP contribution in [0, 0.1) is 11.3 Å². The molecule has 1 aliphatic carbocycles. The SMILES string of the molecule is CC1(C)CCC(N2CC(C(=O)O)CC2=O)C1. The zero-order chi connectivity index (χ0) is 11.9. The zero-order valence-electron chi connectivity index (χ0n) is 9.90. The highest BCUT2D eigenvalue weighted by atomic mass is 16.4. The summed E-state index contributed by atoms with van der Waals surface area (Å²) in [5.74, 6) is -1.31. The third kappa shape index (κ3) is 2.06. The minimum Gasteiger partial charge on any atom is -0.481 e. The van der Waals surface area contributed by atoms with E-state index in [9.17, 15) is 9.59 Å². The van der Waals surface area contributed by atoms with Crippen LogP contribution in [0.25, 0.3) is 0 Å². The maximum absolute atomic E-state index is 11.7. The van der Waals surface area contributed by atoms with Crippen molar-refractivity contribution in [3.05, 3.63) is 0 Å². The Balaban J connectivity index is 2.01. The lowest BCUT2D eigenvalue weighted by atomic mass is 9.91. The molecule has 1 aliphatic heterocycles. The Hall–Kier alpha value is -1.06. The summed E-state index contributed by atoms with van der Waals surface area (Å²) in [5, 5.41) is 8.92. The van der Waals surface area contributed by atoms with Crippen LogP contribution >= 0.6 is 0 Å². The highest BCUT2D eigenvalue weighted by Gasteiger charge is 2.42. The lowest BCUT2D eigenvalue weighted by Crippen LogP contribution is -2.35. The molecule has 0 aromatic carbocycles. The number of carboxylic acids is 1. The molecule has 16 heavy (non-hydrogen) atoms. The molecule has 1 N–H and O–H groups in total. The molecule has 2 rings (SSSR count). The molecule has 1 saturated heterocycles. The van der Waals surface area contributed by atoms with E-state index >= 15 is 0 Å². The standard InChI is InChI=1S/C12H19NO3/c1-12(2)4-3-9(6-12)13-7-8(11(15)16)5-10(13)14/h8-9H,3-7H2,1-2H3,(H,15,16). The van der Waals surface area contributed by atoms with Crippen molar-refractivity contribution in [3.8, 4) is 0 Å². The number of hydrogen-bond donors (Lipinski definition) is 1. The van der Waals surface area contributed by atoms with Crippen LogP contribution in [0.3, 0.4) is 0 Å². The van der Waals surface area contributed by atoms with Gasteiger partial charge < -0.3 is 10.0 Å². The zero-order valence-corrected chi connectivity index (χ0v) is 9.90. The molecule has 2 aliphatic rings. The van der Waals surface area contributed by atoms with Gasteiger partial charge >= 0.3 is 5.97 Å². The van der Waals surface area contributed by atoms with Gasteiger partial charge in [-0.25, -0.2) is 0 Å². The van der Waals surface area contributed by atoms with E-state index in [4.69, 9.17) is 5.11 Å². The normalized spacial score (nSPS) is 33.4. The molecule has 4 heteroatoms. The highest BCUT2D eigenvalue weighted by Crippen LogP contribution is 2.40. The van der Waals surface area contributed by atoms with Crippen molar-refractivity contribution in [2.75, 3.05) is 6.54 Å². The summed E-state index contributed by atoms with van der Waals surface area (Å²) in [7, 11) is 0. The molecular weight excluding hydrogens is 206 g/mol. The van der Waals surface area contributed by atoms with Crippen LogP contribution in [0.1, 0.15) is 39.5 Å². The van der Waals surface area contributed by atoms with E-state index in [0.29, 0.717) is 12.0 Å². The summed E-state index contributed by atoms with van der Waals surface area (Å²) < 4.78 is 0. The van der Waals surface area contributed by atoms with E-state index in [-0.39, 0.29) is 18.4 Å². The topological polar surface area (TPSA) is 57.6 Å². The monoisotopic (exact) mass is 225 g/mol. The molecule has 1 heterocycles. The Bertz CT molecular complexity index is 324. The summed E-state index contributed by atoms with van der Waals surface area (Å²) in [6.45, 7) is 4.83. The van der Waals surface area contributed by atoms with E-state index in [1.54, 1.807) is 4.90 Å². The predicted molar refractivity (Wildman–Crippen MR) is 58.9 cm³/mol. The predicted octanol–water partition coefficient (Wildman–Crippen LogP) is 1.50. The van der Waals surface area contributed by atoms with E-state index in [1.807, 2.05) is 0 Å².